The number of nitrogens with one attached hydrogen (secondary N) is 1. The summed E-state index contributed by atoms with van der Waals surface area (Å²) in [7, 11) is 0. The number of amides is 2. The number of aryl methyl sites for hydroxylation is 1. The van der Waals surface area contributed by atoms with E-state index in [9.17, 15) is 19.2 Å². The second kappa shape index (κ2) is 10.3. The molecule has 0 saturated carbocycles. The fraction of sp³-hybridized carbons (Fsp3) is 0.474. The van der Waals surface area contributed by atoms with Gasteiger partial charge in [0.15, 0.2) is 5.78 Å². The smallest absolute Gasteiger partial charge is 0.326 e. The Kier molecular flexibility index (Phi) is 8.48. The fourth-order valence-corrected chi connectivity index (χ4v) is 2.45. The van der Waals surface area contributed by atoms with Gasteiger partial charge in [0, 0.05) is 38.4 Å². The molecule has 0 heterocycles. The summed E-state index contributed by atoms with van der Waals surface area (Å²) in [6.45, 7) is 5.00. The van der Waals surface area contributed by atoms with Crippen LogP contribution in [0.4, 0.5) is 0 Å². The molecular formula is C19H26N2O5. The molecule has 142 valence electrons. The first-order valence-electron chi connectivity index (χ1n) is 8.65. The number of carbonyl (C=O) groups is 4. The van der Waals surface area contributed by atoms with Crippen molar-refractivity contribution in [3.63, 3.8) is 0 Å². The maximum absolute atomic E-state index is 12.4. The van der Waals surface area contributed by atoms with E-state index in [-0.39, 0.29) is 37.6 Å². The molecule has 7 heteroatoms. The molecule has 0 spiro atoms. The Morgan fingerprint density at radius 3 is 2.23 bits per heavy atom. The molecule has 1 unspecified atom stereocenters. The maximum Gasteiger partial charge on any atom is 0.326 e. The van der Waals surface area contributed by atoms with Crippen LogP contribution in [0.5, 0.6) is 0 Å². The number of ketones is 1. The van der Waals surface area contributed by atoms with E-state index in [1.807, 2.05) is 19.1 Å². The van der Waals surface area contributed by atoms with Crippen molar-refractivity contribution in [2.75, 3.05) is 13.1 Å². The summed E-state index contributed by atoms with van der Waals surface area (Å²) in [6.07, 6.45) is 0.808. The normalized spacial score (nSPS) is 11.5. The fourth-order valence-electron chi connectivity index (χ4n) is 2.45. The Hall–Kier alpha value is -2.70. The monoisotopic (exact) mass is 362 g/mol. The van der Waals surface area contributed by atoms with Gasteiger partial charge in [0.25, 0.3) is 0 Å². The average molecular weight is 362 g/mol. The first kappa shape index (κ1) is 21.3. The van der Waals surface area contributed by atoms with E-state index in [4.69, 9.17) is 5.11 Å². The van der Waals surface area contributed by atoms with Crippen LogP contribution < -0.4 is 5.32 Å². The third kappa shape index (κ3) is 6.66. The summed E-state index contributed by atoms with van der Waals surface area (Å²) in [5.74, 6) is -1.98. The number of Topliss-reactive ketones (excluding diaryl/α,β-unsaturated/α-hetero) is 1. The summed E-state index contributed by atoms with van der Waals surface area (Å²) in [6, 6.07) is 6.19. The van der Waals surface area contributed by atoms with Gasteiger partial charge in [-0.05, 0) is 18.9 Å². The molecule has 0 aliphatic carbocycles. The van der Waals surface area contributed by atoms with Crippen molar-refractivity contribution in [3.05, 3.63) is 35.4 Å². The lowest BCUT2D eigenvalue weighted by Gasteiger charge is -2.26. The summed E-state index contributed by atoms with van der Waals surface area (Å²) in [4.78, 5) is 48.0. The van der Waals surface area contributed by atoms with Crippen molar-refractivity contribution in [2.45, 2.75) is 46.1 Å². The second-order valence-corrected chi connectivity index (χ2v) is 6.06. The van der Waals surface area contributed by atoms with E-state index in [0.29, 0.717) is 5.56 Å². The highest BCUT2D eigenvalue weighted by Gasteiger charge is 2.25. The van der Waals surface area contributed by atoms with Crippen LogP contribution >= 0.6 is 0 Å². The molecule has 2 N–H and O–H groups in total. The minimum atomic E-state index is -1.14. The number of benzene rings is 1. The number of carboxylic acid groups (broad SMARTS) is 1. The lowest BCUT2D eigenvalue weighted by atomic mass is 10.0. The van der Waals surface area contributed by atoms with Crippen molar-refractivity contribution < 1.29 is 24.3 Å². The molecule has 0 aliphatic heterocycles. The molecule has 0 fully saturated rings. The highest BCUT2D eigenvalue weighted by molar-refractivity contribution is 5.98. The standard InChI is InChI=1S/C19H26N2O5/c1-4-15-5-7-16(8-6-15)17(23)9-10-18(24)21(13(2)19(25)26)12-11-20-14(3)22/h5-8,13H,4,9-12H2,1-3H3,(H,20,22)(H,25,26). The van der Waals surface area contributed by atoms with E-state index in [0.717, 1.165) is 12.0 Å². The molecule has 0 saturated heterocycles. The van der Waals surface area contributed by atoms with Gasteiger partial charge in [0.05, 0.1) is 0 Å². The molecule has 0 aromatic heterocycles. The number of nitrogens with zero attached hydrogens (tertiary/aromatic N) is 1. The largest absolute Gasteiger partial charge is 0.480 e. The van der Waals surface area contributed by atoms with Gasteiger partial charge in [-0.25, -0.2) is 4.79 Å². The summed E-state index contributed by atoms with van der Waals surface area (Å²) in [5.41, 5.74) is 1.66. The van der Waals surface area contributed by atoms with Crippen LogP contribution in [-0.4, -0.2) is 52.7 Å². The van der Waals surface area contributed by atoms with Crippen molar-refractivity contribution in [3.8, 4) is 0 Å². The number of hydrogen-bond donors (Lipinski definition) is 2. The van der Waals surface area contributed by atoms with E-state index in [2.05, 4.69) is 5.32 Å². The second-order valence-electron chi connectivity index (χ2n) is 6.06. The van der Waals surface area contributed by atoms with Gasteiger partial charge in [-0.1, -0.05) is 31.2 Å². The van der Waals surface area contributed by atoms with Crippen molar-refractivity contribution in [2.24, 2.45) is 0 Å². The average Bonchev–Trinajstić information content (AvgIpc) is 2.62. The van der Waals surface area contributed by atoms with Crippen LogP contribution in [0.3, 0.4) is 0 Å². The molecule has 1 rings (SSSR count). The van der Waals surface area contributed by atoms with Gasteiger partial charge >= 0.3 is 5.97 Å². The van der Waals surface area contributed by atoms with Gasteiger partial charge in [0.2, 0.25) is 11.8 Å². The Morgan fingerprint density at radius 1 is 1.12 bits per heavy atom. The van der Waals surface area contributed by atoms with Gasteiger partial charge in [0.1, 0.15) is 6.04 Å². The Balaban J connectivity index is 2.67. The number of rotatable bonds is 10. The number of carbonyl (C=O) groups excluding carboxylic acids is 3. The first-order valence-corrected chi connectivity index (χ1v) is 8.65. The minimum absolute atomic E-state index is 0.00722. The topological polar surface area (TPSA) is 104 Å². The van der Waals surface area contributed by atoms with E-state index in [1.165, 1.54) is 18.7 Å². The number of aliphatic carboxylic acids is 1. The molecule has 0 radical (unpaired) electrons. The lowest BCUT2D eigenvalue weighted by molar-refractivity contribution is -0.149. The van der Waals surface area contributed by atoms with E-state index < -0.39 is 17.9 Å². The molecule has 2 amide bonds. The zero-order valence-corrected chi connectivity index (χ0v) is 15.4. The van der Waals surface area contributed by atoms with Crippen LogP contribution in [0.25, 0.3) is 0 Å². The van der Waals surface area contributed by atoms with Gasteiger partial charge in [-0.2, -0.15) is 0 Å². The Bertz CT molecular complexity index is 654. The molecule has 0 aliphatic rings. The van der Waals surface area contributed by atoms with Crippen LogP contribution in [0.15, 0.2) is 24.3 Å². The quantitative estimate of drug-likeness (QED) is 0.616. The minimum Gasteiger partial charge on any atom is -0.480 e. The highest BCUT2D eigenvalue weighted by Crippen LogP contribution is 2.11. The summed E-state index contributed by atoms with van der Waals surface area (Å²) in [5, 5.41) is 11.7. The third-order valence-corrected chi connectivity index (χ3v) is 4.12. The molecule has 26 heavy (non-hydrogen) atoms. The SMILES string of the molecule is CCc1ccc(C(=O)CCC(=O)N(CCNC(C)=O)C(C)C(=O)O)cc1. The summed E-state index contributed by atoms with van der Waals surface area (Å²) >= 11 is 0. The molecule has 7 nitrogen and oxygen atoms in total. The number of hydrogen-bond acceptors (Lipinski definition) is 4. The molecule has 0 bridgehead atoms. The highest BCUT2D eigenvalue weighted by atomic mass is 16.4. The Labute approximate surface area is 153 Å². The zero-order chi connectivity index (χ0) is 19.7. The predicted octanol–water partition coefficient (Wildman–Crippen LogP) is 1.65. The molecule has 1 atom stereocenters. The molecule has 1 aromatic carbocycles. The Morgan fingerprint density at radius 2 is 1.73 bits per heavy atom. The van der Waals surface area contributed by atoms with Crippen molar-refractivity contribution in [1.29, 1.82) is 0 Å². The molecular weight excluding hydrogens is 336 g/mol. The third-order valence-electron chi connectivity index (χ3n) is 4.12. The van der Waals surface area contributed by atoms with Crippen LogP contribution in [0.1, 0.15) is 49.5 Å². The predicted molar refractivity (Wildman–Crippen MR) is 96.9 cm³/mol. The van der Waals surface area contributed by atoms with Gasteiger partial charge in [-0.3, -0.25) is 14.4 Å². The van der Waals surface area contributed by atoms with Crippen LogP contribution in [0, 0.1) is 0 Å². The van der Waals surface area contributed by atoms with E-state index in [1.54, 1.807) is 12.1 Å². The first-order chi connectivity index (χ1) is 12.3. The summed E-state index contributed by atoms with van der Waals surface area (Å²) < 4.78 is 0. The van der Waals surface area contributed by atoms with Gasteiger partial charge in [-0.15, -0.1) is 0 Å². The number of carboxylic acids is 1. The zero-order valence-electron chi connectivity index (χ0n) is 15.4. The van der Waals surface area contributed by atoms with Crippen molar-refractivity contribution >= 4 is 23.6 Å². The van der Waals surface area contributed by atoms with Crippen LogP contribution in [0.2, 0.25) is 0 Å². The van der Waals surface area contributed by atoms with E-state index >= 15 is 0 Å². The van der Waals surface area contributed by atoms with Crippen molar-refractivity contribution in [1.82, 2.24) is 10.2 Å². The maximum atomic E-state index is 12.4. The molecule has 1 aromatic rings. The lowest BCUT2D eigenvalue weighted by Crippen LogP contribution is -2.46. The van der Waals surface area contributed by atoms with Crippen LogP contribution in [-0.2, 0) is 20.8 Å². The van der Waals surface area contributed by atoms with Gasteiger partial charge < -0.3 is 15.3 Å².